The van der Waals surface area contributed by atoms with Crippen molar-refractivity contribution in [2.24, 2.45) is 0 Å². The van der Waals surface area contributed by atoms with Gasteiger partial charge in [0.05, 0.1) is 5.69 Å². The van der Waals surface area contributed by atoms with E-state index in [0.717, 1.165) is 27.7 Å². The van der Waals surface area contributed by atoms with Gasteiger partial charge in [-0.2, -0.15) is 0 Å². The Balaban J connectivity index is 2.01. The number of rotatable bonds is 7. The van der Waals surface area contributed by atoms with E-state index in [1.54, 1.807) is 11.8 Å². The molecule has 1 heterocycles. The summed E-state index contributed by atoms with van der Waals surface area (Å²) in [5, 5.41) is 7.88. The lowest BCUT2D eigenvalue weighted by Gasteiger charge is -2.09. The number of benzene rings is 2. The third-order valence-electron chi connectivity index (χ3n) is 4.12. The first-order chi connectivity index (χ1) is 13.5. The van der Waals surface area contributed by atoms with Gasteiger partial charge in [-0.05, 0) is 43.2 Å². The van der Waals surface area contributed by atoms with E-state index in [2.05, 4.69) is 31.3 Å². The fraction of sp³-hybridized carbons (Fsp3) is 0.250. The first kappa shape index (κ1) is 20.5. The summed E-state index contributed by atoms with van der Waals surface area (Å²) in [6.45, 7) is 3.03. The van der Waals surface area contributed by atoms with Crippen LogP contribution in [0, 0.1) is 6.92 Å². The molecule has 6 nitrogen and oxygen atoms in total. The fourth-order valence-electron chi connectivity index (χ4n) is 2.67. The molecule has 28 heavy (non-hydrogen) atoms. The summed E-state index contributed by atoms with van der Waals surface area (Å²) in [7, 11) is 1.63. The molecule has 1 aromatic heterocycles. The van der Waals surface area contributed by atoms with Crippen LogP contribution in [0.1, 0.15) is 22.6 Å². The fourth-order valence-corrected chi connectivity index (χ4v) is 3.10. The second-order valence-electron chi connectivity index (χ2n) is 6.21. The zero-order valence-electron chi connectivity index (χ0n) is 15.6. The summed E-state index contributed by atoms with van der Waals surface area (Å²) >= 11 is 9.63. The van der Waals surface area contributed by atoms with Crippen LogP contribution in [0.4, 0.5) is 0 Å². The molecule has 1 amide bonds. The number of aromatic nitrogens is 3. The first-order valence-corrected chi connectivity index (χ1v) is 9.93. The molecule has 0 aliphatic rings. The number of carbonyl (C=O) groups excluding carboxylic acids is 1. The molecule has 3 aromatic rings. The highest BCUT2D eigenvalue weighted by Crippen LogP contribution is 2.26. The molecule has 0 atom stereocenters. The smallest absolute Gasteiger partial charge is 0.290 e. The van der Waals surface area contributed by atoms with Crippen LogP contribution in [0.5, 0.6) is 0 Å². The van der Waals surface area contributed by atoms with Gasteiger partial charge in [0, 0.05) is 35.3 Å². The molecule has 0 radical (unpaired) electrons. The minimum atomic E-state index is -0.326. The summed E-state index contributed by atoms with van der Waals surface area (Å²) < 4.78 is 7.62. The third-order valence-corrected chi connectivity index (χ3v) is 4.89. The van der Waals surface area contributed by atoms with Crippen molar-refractivity contribution in [1.82, 2.24) is 20.1 Å². The number of amides is 1. The average Bonchev–Trinajstić information content (AvgIpc) is 3.13. The molecule has 0 saturated heterocycles. The molecule has 2 aromatic carbocycles. The molecule has 0 aliphatic carbocycles. The Morgan fingerprint density at radius 2 is 2.00 bits per heavy atom. The largest absolute Gasteiger partial charge is 0.385 e. The number of nitrogens with one attached hydrogen (secondary N) is 1. The number of methoxy groups -OCH3 is 1. The first-order valence-electron chi connectivity index (χ1n) is 8.76. The van der Waals surface area contributed by atoms with E-state index in [9.17, 15) is 4.79 Å². The van der Waals surface area contributed by atoms with Gasteiger partial charge in [-0.1, -0.05) is 45.7 Å². The van der Waals surface area contributed by atoms with Crippen molar-refractivity contribution in [3.63, 3.8) is 0 Å². The second-order valence-corrected chi connectivity index (χ2v) is 7.56. The maximum atomic E-state index is 12.5. The molecule has 146 valence electrons. The molecule has 0 fully saturated rings. The predicted octanol–water partition coefficient (Wildman–Crippen LogP) is 4.42. The molecule has 0 bridgehead atoms. The van der Waals surface area contributed by atoms with Crippen molar-refractivity contribution in [3.8, 4) is 17.1 Å². The normalized spacial score (nSPS) is 10.9. The van der Waals surface area contributed by atoms with Gasteiger partial charge in [0.2, 0.25) is 5.82 Å². The number of hydrogen-bond acceptors (Lipinski definition) is 4. The van der Waals surface area contributed by atoms with Crippen molar-refractivity contribution >= 4 is 33.4 Å². The Hall–Kier alpha value is -2.22. The molecule has 1 N–H and O–H groups in total. The van der Waals surface area contributed by atoms with Gasteiger partial charge in [0.15, 0.2) is 5.82 Å². The summed E-state index contributed by atoms with van der Waals surface area (Å²) in [5.41, 5.74) is 2.59. The van der Waals surface area contributed by atoms with Crippen molar-refractivity contribution in [1.29, 1.82) is 0 Å². The zero-order valence-corrected chi connectivity index (χ0v) is 17.9. The zero-order chi connectivity index (χ0) is 20.1. The quantitative estimate of drug-likeness (QED) is 0.527. The van der Waals surface area contributed by atoms with Gasteiger partial charge in [-0.15, -0.1) is 5.10 Å². The molecular weight excluding hydrogens is 444 g/mol. The van der Waals surface area contributed by atoms with Crippen LogP contribution in [-0.4, -0.2) is 40.9 Å². The Morgan fingerprint density at radius 1 is 1.25 bits per heavy atom. The SMILES string of the molecule is COCCCNC(=O)c1nc(-c2ccc(Br)cc2)n(-c2cc(Cl)ccc2C)n1. The van der Waals surface area contributed by atoms with E-state index < -0.39 is 0 Å². The number of aryl methyl sites for hydroxylation is 1. The highest BCUT2D eigenvalue weighted by Gasteiger charge is 2.19. The minimum Gasteiger partial charge on any atom is -0.385 e. The Morgan fingerprint density at radius 3 is 2.71 bits per heavy atom. The van der Waals surface area contributed by atoms with Crippen LogP contribution in [0.15, 0.2) is 46.9 Å². The topological polar surface area (TPSA) is 69.0 Å². The van der Waals surface area contributed by atoms with Crippen molar-refractivity contribution in [2.45, 2.75) is 13.3 Å². The van der Waals surface area contributed by atoms with Gasteiger partial charge < -0.3 is 10.1 Å². The lowest BCUT2D eigenvalue weighted by atomic mass is 10.2. The van der Waals surface area contributed by atoms with Crippen LogP contribution in [-0.2, 0) is 4.74 Å². The predicted molar refractivity (Wildman–Crippen MR) is 113 cm³/mol. The highest BCUT2D eigenvalue weighted by atomic mass is 79.9. The average molecular weight is 464 g/mol. The van der Waals surface area contributed by atoms with Crippen molar-refractivity contribution in [3.05, 3.63) is 63.3 Å². The number of ether oxygens (including phenoxy) is 1. The molecule has 8 heteroatoms. The Kier molecular flexibility index (Phi) is 6.83. The Bertz CT molecular complexity index is 973. The maximum absolute atomic E-state index is 12.5. The molecule has 0 saturated carbocycles. The lowest BCUT2D eigenvalue weighted by Crippen LogP contribution is -2.26. The van der Waals surface area contributed by atoms with Gasteiger partial charge in [-0.3, -0.25) is 4.79 Å². The highest BCUT2D eigenvalue weighted by molar-refractivity contribution is 9.10. The molecule has 0 unspecified atom stereocenters. The van der Waals surface area contributed by atoms with E-state index in [1.165, 1.54) is 0 Å². The summed E-state index contributed by atoms with van der Waals surface area (Å²) in [4.78, 5) is 17.0. The minimum absolute atomic E-state index is 0.106. The monoisotopic (exact) mass is 462 g/mol. The van der Waals surface area contributed by atoms with E-state index >= 15 is 0 Å². The molecule has 0 aliphatic heterocycles. The van der Waals surface area contributed by atoms with E-state index in [-0.39, 0.29) is 11.7 Å². The summed E-state index contributed by atoms with van der Waals surface area (Å²) in [5.74, 6) is 0.350. The second kappa shape index (κ2) is 9.32. The lowest BCUT2D eigenvalue weighted by molar-refractivity contribution is 0.0938. The summed E-state index contributed by atoms with van der Waals surface area (Å²) in [6.07, 6.45) is 0.718. The molecule has 0 spiro atoms. The number of hydrogen-bond donors (Lipinski definition) is 1. The van der Waals surface area contributed by atoms with Crippen LogP contribution in [0.25, 0.3) is 17.1 Å². The number of nitrogens with zero attached hydrogens (tertiary/aromatic N) is 3. The standard InChI is InChI=1S/C20H20BrClN4O2/c1-13-4-9-16(22)12-17(13)26-19(14-5-7-15(21)8-6-14)24-18(25-26)20(27)23-10-3-11-28-2/h4-9,12H,3,10-11H2,1-2H3,(H,23,27). The van der Waals surface area contributed by atoms with Gasteiger partial charge in [0.1, 0.15) is 0 Å². The van der Waals surface area contributed by atoms with Gasteiger partial charge in [0.25, 0.3) is 5.91 Å². The number of carbonyl (C=O) groups is 1. The van der Waals surface area contributed by atoms with Gasteiger partial charge in [-0.25, -0.2) is 9.67 Å². The van der Waals surface area contributed by atoms with Crippen LogP contribution < -0.4 is 5.32 Å². The van der Waals surface area contributed by atoms with E-state index in [4.69, 9.17) is 16.3 Å². The number of halogens is 2. The third kappa shape index (κ3) is 4.79. The van der Waals surface area contributed by atoms with Crippen LogP contribution in [0.2, 0.25) is 5.02 Å². The van der Waals surface area contributed by atoms with Crippen molar-refractivity contribution < 1.29 is 9.53 Å². The molecule has 3 rings (SSSR count). The molecular formula is C20H20BrClN4O2. The van der Waals surface area contributed by atoms with E-state index in [1.807, 2.05) is 49.4 Å². The van der Waals surface area contributed by atoms with Gasteiger partial charge >= 0.3 is 0 Å². The summed E-state index contributed by atoms with van der Waals surface area (Å²) in [6, 6.07) is 13.2. The Labute approximate surface area is 177 Å². The van der Waals surface area contributed by atoms with Crippen molar-refractivity contribution in [2.75, 3.05) is 20.3 Å². The van der Waals surface area contributed by atoms with E-state index in [0.29, 0.717) is 24.0 Å². The maximum Gasteiger partial charge on any atom is 0.290 e. The van der Waals surface area contributed by atoms with Crippen LogP contribution in [0.3, 0.4) is 0 Å². The van der Waals surface area contributed by atoms with Crippen LogP contribution >= 0.6 is 27.5 Å².